The van der Waals surface area contributed by atoms with Gasteiger partial charge in [0, 0.05) is 26.1 Å². The highest BCUT2D eigenvalue weighted by molar-refractivity contribution is 7.88. The summed E-state index contributed by atoms with van der Waals surface area (Å²) < 4.78 is 27.0. The molecule has 1 atom stereocenters. The van der Waals surface area contributed by atoms with Crippen LogP contribution in [0.15, 0.2) is 54.6 Å². The number of carbonyl (C=O) groups is 1. The number of amides is 1. The SMILES string of the molecule is CN(C(=O)C1CCN(S(=O)(=O)Cc2ccccc2)CC1)C1CCc2ccccc21. The highest BCUT2D eigenvalue weighted by atomic mass is 32.2. The van der Waals surface area contributed by atoms with Crippen molar-refractivity contribution in [3.05, 3.63) is 71.3 Å². The maximum Gasteiger partial charge on any atom is 0.226 e. The first-order valence-corrected chi connectivity index (χ1v) is 11.9. The topological polar surface area (TPSA) is 57.7 Å². The van der Waals surface area contributed by atoms with Gasteiger partial charge in [-0.3, -0.25) is 4.79 Å². The second-order valence-electron chi connectivity index (χ2n) is 8.12. The van der Waals surface area contributed by atoms with Crippen molar-refractivity contribution in [1.82, 2.24) is 9.21 Å². The molecule has 2 aromatic carbocycles. The molecule has 154 valence electrons. The molecule has 1 heterocycles. The van der Waals surface area contributed by atoms with E-state index in [4.69, 9.17) is 0 Å². The van der Waals surface area contributed by atoms with E-state index < -0.39 is 10.0 Å². The van der Waals surface area contributed by atoms with E-state index in [0.717, 1.165) is 18.4 Å². The van der Waals surface area contributed by atoms with Gasteiger partial charge < -0.3 is 4.90 Å². The molecule has 1 saturated heterocycles. The summed E-state index contributed by atoms with van der Waals surface area (Å²) in [6.07, 6.45) is 3.15. The normalized spacial score (nSPS) is 20.4. The van der Waals surface area contributed by atoms with Crippen LogP contribution in [0.5, 0.6) is 0 Å². The second-order valence-corrected chi connectivity index (χ2v) is 10.1. The van der Waals surface area contributed by atoms with Crippen molar-refractivity contribution in [2.24, 2.45) is 5.92 Å². The Balaban J connectivity index is 1.36. The smallest absolute Gasteiger partial charge is 0.226 e. The van der Waals surface area contributed by atoms with Crippen molar-refractivity contribution >= 4 is 15.9 Å². The van der Waals surface area contributed by atoms with Crippen LogP contribution in [0.25, 0.3) is 0 Å². The fourth-order valence-corrected chi connectivity index (χ4v) is 6.20. The lowest BCUT2D eigenvalue weighted by Gasteiger charge is -2.34. The van der Waals surface area contributed by atoms with E-state index in [2.05, 4.69) is 18.2 Å². The van der Waals surface area contributed by atoms with Gasteiger partial charge in [0.15, 0.2) is 0 Å². The monoisotopic (exact) mass is 412 g/mol. The van der Waals surface area contributed by atoms with Crippen LogP contribution in [0.1, 0.15) is 42.0 Å². The Morgan fingerprint density at radius 1 is 1.00 bits per heavy atom. The molecule has 0 bridgehead atoms. The van der Waals surface area contributed by atoms with E-state index in [-0.39, 0.29) is 23.6 Å². The van der Waals surface area contributed by atoms with Gasteiger partial charge in [0.1, 0.15) is 0 Å². The lowest BCUT2D eigenvalue weighted by molar-refractivity contribution is -0.137. The number of aryl methyl sites for hydroxylation is 1. The molecule has 2 aromatic rings. The molecule has 29 heavy (non-hydrogen) atoms. The molecular weight excluding hydrogens is 384 g/mol. The fourth-order valence-electron chi connectivity index (χ4n) is 4.64. The number of carbonyl (C=O) groups excluding carboxylic acids is 1. The average Bonchev–Trinajstić information content (AvgIpc) is 3.17. The van der Waals surface area contributed by atoms with Gasteiger partial charge in [-0.25, -0.2) is 12.7 Å². The van der Waals surface area contributed by atoms with Crippen molar-refractivity contribution in [1.29, 1.82) is 0 Å². The first-order chi connectivity index (χ1) is 14.0. The zero-order valence-corrected chi connectivity index (χ0v) is 17.6. The number of benzene rings is 2. The Labute approximate surface area is 173 Å². The summed E-state index contributed by atoms with van der Waals surface area (Å²) >= 11 is 0. The average molecular weight is 413 g/mol. The zero-order chi connectivity index (χ0) is 20.4. The van der Waals surface area contributed by atoms with Gasteiger partial charge in [0.2, 0.25) is 15.9 Å². The van der Waals surface area contributed by atoms with Gasteiger partial charge in [0.05, 0.1) is 11.8 Å². The quantitative estimate of drug-likeness (QED) is 0.757. The molecule has 1 fully saturated rings. The van der Waals surface area contributed by atoms with E-state index in [1.807, 2.05) is 48.3 Å². The molecule has 2 aliphatic rings. The molecule has 0 saturated carbocycles. The number of hydrogen-bond acceptors (Lipinski definition) is 3. The third-order valence-corrected chi connectivity index (χ3v) is 8.15. The lowest BCUT2D eigenvalue weighted by Crippen LogP contribution is -2.44. The molecule has 0 N–H and O–H groups in total. The van der Waals surface area contributed by atoms with Gasteiger partial charge in [-0.2, -0.15) is 0 Å². The molecular formula is C23H28N2O3S. The predicted octanol–water partition coefficient (Wildman–Crippen LogP) is 3.37. The highest BCUT2D eigenvalue weighted by Gasteiger charge is 2.35. The summed E-state index contributed by atoms with van der Waals surface area (Å²) in [5.74, 6) is 0.0633. The summed E-state index contributed by atoms with van der Waals surface area (Å²) in [6, 6.07) is 17.7. The largest absolute Gasteiger partial charge is 0.338 e. The Kier molecular flexibility index (Phi) is 5.74. The van der Waals surface area contributed by atoms with E-state index in [1.54, 1.807) is 4.31 Å². The van der Waals surface area contributed by atoms with E-state index in [9.17, 15) is 13.2 Å². The van der Waals surface area contributed by atoms with E-state index in [0.29, 0.717) is 25.9 Å². The van der Waals surface area contributed by atoms with Crippen LogP contribution in [0, 0.1) is 5.92 Å². The van der Waals surface area contributed by atoms with Crippen molar-refractivity contribution < 1.29 is 13.2 Å². The Morgan fingerprint density at radius 3 is 2.38 bits per heavy atom. The summed E-state index contributed by atoms with van der Waals surface area (Å²) in [7, 11) is -1.46. The number of piperidine rings is 1. The van der Waals surface area contributed by atoms with Gasteiger partial charge in [-0.1, -0.05) is 54.6 Å². The highest BCUT2D eigenvalue weighted by Crippen LogP contribution is 2.36. The fraction of sp³-hybridized carbons (Fsp3) is 0.435. The van der Waals surface area contributed by atoms with Crippen molar-refractivity contribution in [2.75, 3.05) is 20.1 Å². The van der Waals surface area contributed by atoms with Crippen LogP contribution in [0.3, 0.4) is 0 Å². The molecule has 1 aliphatic heterocycles. The summed E-state index contributed by atoms with van der Waals surface area (Å²) in [5, 5.41) is 0. The van der Waals surface area contributed by atoms with Crippen molar-refractivity contribution in [2.45, 2.75) is 37.5 Å². The van der Waals surface area contributed by atoms with E-state index >= 15 is 0 Å². The predicted molar refractivity (Wildman–Crippen MR) is 114 cm³/mol. The Morgan fingerprint density at radius 2 is 1.66 bits per heavy atom. The van der Waals surface area contributed by atoms with Gasteiger partial charge in [-0.05, 0) is 42.4 Å². The Hall–Kier alpha value is -2.18. The molecule has 1 amide bonds. The Bertz CT molecular complexity index is 967. The number of sulfonamides is 1. The van der Waals surface area contributed by atoms with Crippen molar-refractivity contribution in [3.63, 3.8) is 0 Å². The van der Waals surface area contributed by atoms with Crippen molar-refractivity contribution in [3.8, 4) is 0 Å². The first-order valence-electron chi connectivity index (χ1n) is 10.3. The first kappa shape index (κ1) is 20.1. The molecule has 4 rings (SSSR count). The third-order valence-electron chi connectivity index (χ3n) is 6.30. The maximum absolute atomic E-state index is 13.1. The number of nitrogens with zero attached hydrogens (tertiary/aromatic N) is 2. The number of fused-ring (bicyclic) bond motifs is 1. The summed E-state index contributed by atoms with van der Waals surface area (Å²) in [4.78, 5) is 15.0. The summed E-state index contributed by atoms with van der Waals surface area (Å²) in [6.45, 7) is 0.835. The molecule has 1 unspecified atom stereocenters. The number of rotatable bonds is 5. The summed E-state index contributed by atoms with van der Waals surface area (Å²) in [5.41, 5.74) is 3.38. The van der Waals surface area contributed by atoms with Crippen LogP contribution in [0.4, 0.5) is 0 Å². The molecule has 1 aliphatic carbocycles. The molecule has 0 aromatic heterocycles. The standard InChI is InChI=1S/C23H28N2O3S/c1-24(22-12-11-19-9-5-6-10-21(19)22)23(26)20-13-15-25(16-14-20)29(27,28)17-18-7-3-2-4-8-18/h2-10,20,22H,11-17H2,1H3. The van der Waals surface area contributed by atoms with Crippen LogP contribution >= 0.6 is 0 Å². The third kappa shape index (κ3) is 4.23. The van der Waals surface area contributed by atoms with Gasteiger partial charge in [0.25, 0.3) is 0 Å². The molecule has 0 spiro atoms. The second kappa shape index (κ2) is 8.28. The zero-order valence-electron chi connectivity index (χ0n) is 16.8. The van der Waals surface area contributed by atoms with Crippen LogP contribution < -0.4 is 0 Å². The van der Waals surface area contributed by atoms with Crippen LogP contribution in [-0.4, -0.2) is 43.7 Å². The molecule has 0 radical (unpaired) electrons. The lowest BCUT2D eigenvalue weighted by atomic mass is 9.95. The van der Waals surface area contributed by atoms with Crippen LogP contribution in [-0.2, 0) is 27.0 Å². The van der Waals surface area contributed by atoms with Crippen LogP contribution in [0.2, 0.25) is 0 Å². The van der Waals surface area contributed by atoms with Gasteiger partial charge in [-0.15, -0.1) is 0 Å². The minimum absolute atomic E-state index is 0.0191. The molecule has 6 heteroatoms. The van der Waals surface area contributed by atoms with Gasteiger partial charge >= 0.3 is 0 Å². The minimum atomic E-state index is -3.35. The number of hydrogen-bond donors (Lipinski definition) is 0. The minimum Gasteiger partial charge on any atom is -0.338 e. The maximum atomic E-state index is 13.1. The van der Waals surface area contributed by atoms with E-state index in [1.165, 1.54) is 11.1 Å². The molecule has 5 nitrogen and oxygen atoms in total.